The van der Waals surface area contributed by atoms with Crippen molar-refractivity contribution in [2.75, 3.05) is 11.5 Å². The van der Waals surface area contributed by atoms with Gasteiger partial charge in [-0.2, -0.15) is 25.3 Å². The van der Waals surface area contributed by atoms with Gasteiger partial charge >= 0.3 is 0 Å². The van der Waals surface area contributed by atoms with Gasteiger partial charge in [0.05, 0.1) is 0 Å². The first-order valence-corrected chi connectivity index (χ1v) is 11.1. The fourth-order valence-electron chi connectivity index (χ4n) is 2.39. The molecule has 0 aliphatic carbocycles. The first-order chi connectivity index (χ1) is 14.4. The second-order valence-corrected chi connectivity index (χ2v) is 7.88. The minimum atomic E-state index is -0.944. The number of aromatic nitrogens is 1. The Hall–Kier alpha value is -2.37. The molecule has 2 aromatic rings. The van der Waals surface area contributed by atoms with Crippen molar-refractivity contribution in [3.63, 3.8) is 0 Å². The van der Waals surface area contributed by atoms with Crippen LogP contribution in [0.2, 0.25) is 0 Å². The fraction of sp³-hybridized carbons (Fsp3) is 0.316. The lowest BCUT2D eigenvalue weighted by molar-refractivity contribution is -0.129. The van der Waals surface area contributed by atoms with Crippen LogP contribution in [0.1, 0.15) is 27.1 Å². The Morgan fingerprint density at radius 2 is 1.63 bits per heavy atom. The molecule has 30 heavy (non-hydrogen) atoms. The summed E-state index contributed by atoms with van der Waals surface area (Å²) in [6.45, 7) is 1.48. The summed E-state index contributed by atoms with van der Waals surface area (Å²) in [5.74, 6) is -1.77. The molecule has 0 radical (unpaired) electrons. The predicted octanol–water partition coefficient (Wildman–Crippen LogP) is 0.974. The highest BCUT2D eigenvalue weighted by molar-refractivity contribution is 7.80. The third-order valence-electron chi connectivity index (χ3n) is 4.05. The van der Waals surface area contributed by atoms with Crippen molar-refractivity contribution < 1.29 is 19.2 Å². The van der Waals surface area contributed by atoms with E-state index in [1.807, 2.05) is 0 Å². The van der Waals surface area contributed by atoms with Crippen LogP contribution in [0.3, 0.4) is 0 Å². The molecule has 8 nitrogen and oxygen atoms in total. The molecule has 11 heteroatoms. The van der Waals surface area contributed by atoms with E-state index >= 15 is 0 Å². The molecule has 1 aromatic carbocycles. The maximum Gasteiger partial charge on any atom is 0.251 e. The molecule has 3 amide bonds. The van der Waals surface area contributed by atoms with Gasteiger partial charge in [0.1, 0.15) is 18.1 Å². The molecule has 2 rings (SSSR count). The first-order valence-electron chi connectivity index (χ1n) is 8.99. The Kier molecular flexibility index (Phi) is 9.34. The number of thiazole rings is 1. The van der Waals surface area contributed by atoms with Crippen LogP contribution < -0.4 is 16.0 Å². The number of hydrogen-bond donors (Lipinski definition) is 5. The van der Waals surface area contributed by atoms with Crippen LogP contribution in [0, 0.1) is 0 Å². The normalized spacial score (nSPS) is 13.6. The van der Waals surface area contributed by atoms with Gasteiger partial charge in [0.15, 0.2) is 5.01 Å². The van der Waals surface area contributed by atoms with Crippen LogP contribution in [0.15, 0.2) is 41.9 Å². The number of rotatable bonds is 10. The topological polar surface area (TPSA) is 117 Å². The maximum atomic E-state index is 12.5. The molecule has 1 heterocycles. The quantitative estimate of drug-likeness (QED) is 0.264. The number of nitrogens with one attached hydrogen (secondary N) is 3. The summed E-state index contributed by atoms with van der Waals surface area (Å²) in [5, 5.41) is 9.60. The number of thiol groups is 2. The number of benzene rings is 1. The van der Waals surface area contributed by atoms with Gasteiger partial charge in [-0.15, -0.1) is 11.3 Å². The number of ketones is 1. The van der Waals surface area contributed by atoms with Gasteiger partial charge in [-0.25, -0.2) is 4.98 Å². The van der Waals surface area contributed by atoms with Crippen molar-refractivity contribution in [2.24, 2.45) is 0 Å². The summed E-state index contributed by atoms with van der Waals surface area (Å²) in [4.78, 5) is 53.5. The predicted molar refractivity (Wildman–Crippen MR) is 121 cm³/mol. The van der Waals surface area contributed by atoms with Crippen LogP contribution in [0.4, 0.5) is 0 Å². The standard InChI is InChI=1S/C19H22N4O4S3/c1-11(16(25)22-13(9-28)15(24)19-20-7-8-30-19)21-18(27)14(10-29)23-17(26)12-5-3-2-4-6-12/h2-8,11,13-14,28-29H,9-10H2,1H3,(H,21,27)(H,22,25)(H,23,26)/t11-,13-,14-/m0/s1. The van der Waals surface area contributed by atoms with Crippen molar-refractivity contribution in [1.82, 2.24) is 20.9 Å². The molecule has 1 aromatic heterocycles. The second kappa shape index (κ2) is 11.7. The van der Waals surface area contributed by atoms with Gasteiger partial charge in [-0.3, -0.25) is 19.2 Å². The van der Waals surface area contributed by atoms with E-state index in [-0.39, 0.29) is 22.3 Å². The zero-order valence-corrected chi connectivity index (χ0v) is 18.7. The molecule has 0 spiro atoms. The lowest BCUT2D eigenvalue weighted by atomic mass is 10.1. The van der Waals surface area contributed by atoms with E-state index in [0.29, 0.717) is 5.56 Å². The molecule has 0 saturated heterocycles. The molecular weight excluding hydrogens is 444 g/mol. The number of carbonyl (C=O) groups excluding carboxylic acids is 4. The molecule has 0 bridgehead atoms. The maximum absolute atomic E-state index is 12.5. The zero-order valence-electron chi connectivity index (χ0n) is 16.1. The number of amides is 3. The van der Waals surface area contributed by atoms with Crippen molar-refractivity contribution in [2.45, 2.75) is 25.0 Å². The lowest BCUT2D eigenvalue weighted by Gasteiger charge is -2.21. The monoisotopic (exact) mass is 466 g/mol. The summed E-state index contributed by atoms with van der Waals surface area (Å²) in [5.41, 5.74) is 0.403. The smallest absolute Gasteiger partial charge is 0.251 e. The molecule has 0 aliphatic heterocycles. The number of carbonyl (C=O) groups is 4. The number of Topliss-reactive ketones (excluding diaryl/α,β-unsaturated/α-hetero) is 1. The number of hydrogen-bond acceptors (Lipinski definition) is 8. The largest absolute Gasteiger partial charge is 0.343 e. The number of nitrogens with zero attached hydrogens (tertiary/aromatic N) is 1. The molecule has 3 atom stereocenters. The third-order valence-corrected chi connectivity index (χ3v) is 5.57. The summed E-state index contributed by atoms with van der Waals surface area (Å²) in [6.07, 6.45) is 1.50. The van der Waals surface area contributed by atoms with Gasteiger partial charge in [-0.1, -0.05) is 18.2 Å². The van der Waals surface area contributed by atoms with E-state index in [1.54, 1.807) is 35.7 Å². The van der Waals surface area contributed by atoms with E-state index in [9.17, 15) is 19.2 Å². The van der Waals surface area contributed by atoms with Crippen LogP contribution in [0.25, 0.3) is 0 Å². The van der Waals surface area contributed by atoms with E-state index in [1.165, 1.54) is 24.5 Å². The third kappa shape index (κ3) is 6.57. The molecule has 0 aliphatic rings. The molecule has 3 N–H and O–H groups in total. The summed E-state index contributed by atoms with van der Waals surface area (Å²) < 4.78 is 0. The highest BCUT2D eigenvalue weighted by atomic mass is 32.1. The molecule has 0 unspecified atom stereocenters. The molecule has 160 valence electrons. The summed E-state index contributed by atoms with van der Waals surface area (Å²) >= 11 is 9.39. The Labute approximate surface area is 189 Å². The van der Waals surface area contributed by atoms with E-state index < -0.39 is 35.8 Å². The lowest BCUT2D eigenvalue weighted by Crippen LogP contribution is -2.55. The van der Waals surface area contributed by atoms with Crippen LogP contribution in [0.5, 0.6) is 0 Å². The highest BCUT2D eigenvalue weighted by Crippen LogP contribution is 2.09. The van der Waals surface area contributed by atoms with Gasteiger partial charge in [0.2, 0.25) is 17.6 Å². The van der Waals surface area contributed by atoms with E-state index in [2.05, 4.69) is 46.2 Å². The van der Waals surface area contributed by atoms with Gasteiger partial charge in [0.25, 0.3) is 5.91 Å². The fourth-order valence-corrected chi connectivity index (χ4v) is 3.53. The van der Waals surface area contributed by atoms with Crippen LogP contribution in [-0.4, -0.2) is 58.1 Å². The van der Waals surface area contributed by atoms with Crippen LogP contribution >= 0.6 is 36.6 Å². The van der Waals surface area contributed by atoms with Crippen molar-refractivity contribution >= 4 is 60.1 Å². The second-order valence-electron chi connectivity index (χ2n) is 6.25. The van der Waals surface area contributed by atoms with E-state index in [0.717, 1.165) is 0 Å². The van der Waals surface area contributed by atoms with Crippen molar-refractivity contribution in [3.8, 4) is 0 Å². The minimum absolute atomic E-state index is 0.0422. The van der Waals surface area contributed by atoms with Gasteiger partial charge < -0.3 is 16.0 Å². The Balaban J connectivity index is 1.93. The Bertz CT molecular complexity index is 877. The molecule has 0 saturated carbocycles. The minimum Gasteiger partial charge on any atom is -0.343 e. The van der Waals surface area contributed by atoms with Gasteiger partial charge in [-0.05, 0) is 19.1 Å². The van der Waals surface area contributed by atoms with Crippen molar-refractivity contribution in [1.29, 1.82) is 0 Å². The van der Waals surface area contributed by atoms with Gasteiger partial charge in [0, 0.05) is 28.6 Å². The molecular formula is C19H22N4O4S3. The zero-order chi connectivity index (χ0) is 22.1. The Morgan fingerprint density at radius 3 is 2.20 bits per heavy atom. The summed E-state index contributed by atoms with van der Waals surface area (Å²) in [6, 6.07) is 5.69. The average Bonchev–Trinajstić information content (AvgIpc) is 3.30. The Morgan fingerprint density at radius 1 is 0.967 bits per heavy atom. The van der Waals surface area contributed by atoms with Crippen LogP contribution in [-0.2, 0) is 9.59 Å². The SMILES string of the molecule is C[C@H](NC(=O)[C@H](CS)NC(=O)c1ccccc1)C(=O)N[C@@H](CS)C(=O)c1nccs1. The van der Waals surface area contributed by atoms with Crippen molar-refractivity contribution in [3.05, 3.63) is 52.5 Å². The summed E-state index contributed by atoms with van der Waals surface area (Å²) in [7, 11) is 0. The first kappa shape index (κ1) is 23.9. The molecule has 0 fully saturated rings. The highest BCUT2D eigenvalue weighted by Gasteiger charge is 2.27. The average molecular weight is 467 g/mol. The van der Waals surface area contributed by atoms with E-state index in [4.69, 9.17) is 0 Å².